The van der Waals surface area contributed by atoms with Crippen molar-refractivity contribution >= 4 is 43.2 Å². The highest BCUT2D eigenvalue weighted by atomic mass is 79.9. The van der Waals surface area contributed by atoms with E-state index in [1.165, 1.54) is 6.07 Å². The van der Waals surface area contributed by atoms with Gasteiger partial charge in [-0.3, -0.25) is 4.72 Å². The van der Waals surface area contributed by atoms with Crippen LogP contribution in [0, 0.1) is 11.6 Å². The Morgan fingerprint density at radius 3 is 2.60 bits per heavy atom. The van der Waals surface area contributed by atoms with E-state index < -0.39 is 26.7 Å². The number of sulfonamides is 1. The first-order valence-electron chi connectivity index (χ1n) is 5.09. The van der Waals surface area contributed by atoms with Gasteiger partial charge in [-0.25, -0.2) is 13.8 Å². The summed E-state index contributed by atoms with van der Waals surface area (Å²) in [6.07, 6.45) is 1.14. The third-order valence-electron chi connectivity index (χ3n) is 2.22. The summed E-state index contributed by atoms with van der Waals surface area (Å²) in [5, 5.41) is -0.941. The number of pyridine rings is 1. The first-order chi connectivity index (χ1) is 9.31. The number of aromatic nitrogens is 1. The van der Waals surface area contributed by atoms with Gasteiger partial charge < -0.3 is 0 Å². The first-order valence-corrected chi connectivity index (χ1v) is 7.74. The van der Waals surface area contributed by atoms with Crippen molar-refractivity contribution in [2.45, 2.75) is 5.03 Å². The van der Waals surface area contributed by atoms with Gasteiger partial charge in [0.15, 0.2) is 5.82 Å². The predicted molar refractivity (Wildman–Crippen MR) is 74.1 cm³/mol. The van der Waals surface area contributed by atoms with Crippen molar-refractivity contribution in [1.29, 1.82) is 0 Å². The van der Waals surface area contributed by atoms with Crippen LogP contribution in [0.3, 0.4) is 0 Å². The van der Waals surface area contributed by atoms with Crippen molar-refractivity contribution < 1.29 is 17.2 Å². The minimum Gasteiger partial charge on any atom is -0.276 e. The lowest BCUT2D eigenvalue weighted by Crippen LogP contribution is -2.16. The number of halogens is 4. The van der Waals surface area contributed by atoms with Gasteiger partial charge in [-0.15, -0.1) is 0 Å². The normalized spacial score (nSPS) is 11.4. The average molecular weight is 384 g/mol. The summed E-state index contributed by atoms with van der Waals surface area (Å²) in [4.78, 5) is 3.47. The Bertz CT molecular complexity index is 748. The van der Waals surface area contributed by atoms with Gasteiger partial charge in [0.05, 0.1) is 10.7 Å². The van der Waals surface area contributed by atoms with E-state index in [9.17, 15) is 17.2 Å². The summed E-state index contributed by atoms with van der Waals surface area (Å²) in [6.45, 7) is 0. The van der Waals surface area contributed by atoms with E-state index in [1.54, 1.807) is 0 Å². The number of anilines is 1. The topological polar surface area (TPSA) is 59.1 Å². The van der Waals surface area contributed by atoms with Gasteiger partial charge in [-0.05, 0) is 40.2 Å². The molecule has 9 heteroatoms. The predicted octanol–water partition coefficient (Wildman–Crippen LogP) is 3.58. The van der Waals surface area contributed by atoms with E-state index in [1.807, 2.05) is 0 Å². The molecule has 0 aliphatic carbocycles. The molecule has 1 aromatic carbocycles. The van der Waals surface area contributed by atoms with Gasteiger partial charge in [0.1, 0.15) is 5.82 Å². The molecule has 20 heavy (non-hydrogen) atoms. The molecule has 2 rings (SSSR count). The van der Waals surface area contributed by atoms with E-state index in [0.717, 1.165) is 24.4 Å². The lowest BCUT2D eigenvalue weighted by Gasteiger charge is -2.11. The Balaban J connectivity index is 2.47. The number of nitrogens with one attached hydrogen (secondary N) is 1. The molecule has 0 amide bonds. The second-order valence-electron chi connectivity index (χ2n) is 3.64. The van der Waals surface area contributed by atoms with Crippen molar-refractivity contribution in [1.82, 2.24) is 4.98 Å². The fourth-order valence-electron chi connectivity index (χ4n) is 1.39. The first kappa shape index (κ1) is 15.1. The van der Waals surface area contributed by atoms with Gasteiger partial charge in [0.25, 0.3) is 10.0 Å². The van der Waals surface area contributed by atoms with E-state index in [4.69, 9.17) is 11.6 Å². The second-order valence-corrected chi connectivity index (χ2v) is 6.50. The van der Waals surface area contributed by atoms with Gasteiger partial charge >= 0.3 is 0 Å². The van der Waals surface area contributed by atoms with Crippen LogP contribution in [0.25, 0.3) is 0 Å². The molecule has 0 saturated heterocycles. The lowest BCUT2D eigenvalue weighted by molar-refractivity contribution is 0.556. The van der Waals surface area contributed by atoms with E-state index >= 15 is 0 Å². The molecule has 0 bridgehead atoms. The summed E-state index contributed by atoms with van der Waals surface area (Å²) in [7, 11) is -4.27. The van der Waals surface area contributed by atoms with Crippen LogP contribution >= 0.6 is 27.5 Å². The Kier molecular flexibility index (Phi) is 4.26. The van der Waals surface area contributed by atoms with Crippen molar-refractivity contribution in [3.05, 3.63) is 51.6 Å². The summed E-state index contributed by atoms with van der Waals surface area (Å²) in [6, 6.07) is 4.18. The minimum atomic E-state index is -4.27. The molecule has 0 atom stereocenters. The van der Waals surface area contributed by atoms with Crippen LogP contribution in [0.5, 0.6) is 0 Å². The molecule has 0 aliphatic rings. The van der Waals surface area contributed by atoms with E-state index in [0.29, 0.717) is 0 Å². The Morgan fingerprint density at radius 1 is 1.30 bits per heavy atom. The molecule has 1 N–H and O–H groups in total. The fraction of sp³-hybridized carbons (Fsp3) is 0. The number of nitrogens with zero attached hydrogens (tertiary/aromatic N) is 1. The number of benzene rings is 1. The third-order valence-corrected chi connectivity index (χ3v) is 4.43. The summed E-state index contributed by atoms with van der Waals surface area (Å²) >= 11 is 8.73. The second kappa shape index (κ2) is 5.63. The highest BCUT2D eigenvalue weighted by Crippen LogP contribution is 2.33. The van der Waals surface area contributed by atoms with Crippen LogP contribution in [-0.2, 0) is 10.0 Å². The molecule has 0 saturated carbocycles. The maximum absolute atomic E-state index is 13.5. The third kappa shape index (κ3) is 3.08. The highest BCUT2D eigenvalue weighted by molar-refractivity contribution is 9.10. The number of hydrogen-bond donors (Lipinski definition) is 1. The van der Waals surface area contributed by atoms with E-state index in [-0.39, 0.29) is 15.2 Å². The largest absolute Gasteiger partial charge is 0.282 e. The van der Waals surface area contributed by atoms with Gasteiger partial charge in [-0.1, -0.05) is 11.6 Å². The molecule has 0 spiro atoms. The van der Waals surface area contributed by atoms with Crippen molar-refractivity contribution in [3.63, 3.8) is 0 Å². The van der Waals surface area contributed by atoms with Crippen molar-refractivity contribution in [2.24, 2.45) is 0 Å². The number of hydrogen-bond acceptors (Lipinski definition) is 3. The molecule has 0 unspecified atom stereocenters. The Hall–Kier alpha value is -1.25. The monoisotopic (exact) mass is 382 g/mol. The van der Waals surface area contributed by atoms with Crippen LogP contribution in [0.2, 0.25) is 5.02 Å². The SMILES string of the molecule is O=S(=O)(Nc1c(Cl)cc(F)cc1Br)c1ncccc1F. The van der Waals surface area contributed by atoms with Crippen molar-refractivity contribution in [2.75, 3.05) is 4.72 Å². The van der Waals surface area contributed by atoms with Crippen LogP contribution < -0.4 is 4.72 Å². The average Bonchev–Trinajstić information content (AvgIpc) is 2.34. The smallest absolute Gasteiger partial charge is 0.276 e. The lowest BCUT2D eigenvalue weighted by atomic mass is 10.3. The molecule has 0 radical (unpaired) electrons. The summed E-state index contributed by atoms with van der Waals surface area (Å²) in [5.41, 5.74) is -0.0990. The van der Waals surface area contributed by atoms with Gasteiger partial charge in [-0.2, -0.15) is 8.42 Å². The standard InChI is InChI=1S/C11H6BrClF2N2O2S/c12-7-4-6(14)5-8(13)10(7)17-20(18,19)11-9(15)2-1-3-16-11/h1-5,17H. The Morgan fingerprint density at radius 2 is 2.00 bits per heavy atom. The minimum absolute atomic E-state index is 0.0856. The van der Waals surface area contributed by atoms with Gasteiger partial charge in [0, 0.05) is 10.7 Å². The molecule has 1 heterocycles. The zero-order valence-corrected chi connectivity index (χ0v) is 12.7. The molecular formula is C11H6BrClF2N2O2S. The highest BCUT2D eigenvalue weighted by Gasteiger charge is 2.23. The van der Waals surface area contributed by atoms with Crippen molar-refractivity contribution in [3.8, 4) is 0 Å². The zero-order chi connectivity index (χ0) is 14.9. The van der Waals surface area contributed by atoms with Gasteiger partial charge in [0.2, 0.25) is 5.03 Å². The Labute approximate surface area is 127 Å². The molecule has 106 valence electrons. The van der Waals surface area contributed by atoms with Crippen LogP contribution in [0.1, 0.15) is 0 Å². The van der Waals surface area contributed by atoms with Crippen LogP contribution in [0.15, 0.2) is 40.0 Å². The molecule has 2 aromatic rings. The number of rotatable bonds is 3. The van der Waals surface area contributed by atoms with Crippen LogP contribution in [0.4, 0.5) is 14.5 Å². The molecule has 4 nitrogen and oxygen atoms in total. The molecular weight excluding hydrogens is 378 g/mol. The quantitative estimate of drug-likeness (QED) is 0.881. The van der Waals surface area contributed by atoms with Crippen LogP contribution in [-0.4, -0.2) is 13.4 Å². The zero-order valence-electron chi connectivity index (χ0n) is 9.57. The molecule has 1 aromatic heterocycles. The summed E-state index contributed by atoms with van der Waals surface area (Å²) in [5.74, 6) is -1.65. The molecule has 0 aliphatic heterocycles. The van der Waals surface area contributed by atoms with E-state index in [2.05, 4.69) is 25.6 Å². The maximum Gasteiger partial charge on any atom is 0.282 e. The maximum atomic E-state index is 13.5. The fourth-order valence-corrected chi connectivity index (χ4v) is 3.59. The summed E-state index contributed by atoms with van der Waals surface area (Å²) < 4.78 is 52.7. The molecule has 0 fully saturated rings.